The quantitative estimate of drug-likeness (QED) is 0.399. The van der Waals surface area contributed by atoms with Crippen LogP contribution in [-0.2, 0) is 4.79 Å². The molecule has 20 heavy (non-hydrogen) atoms. The van der Waals surface area contributed by atoms with Gasteiger partial charge in [-0.15, -0.1) is 0 Å². The van der Waals surface area contributed by atoms with E-state index in [1.54, 1.807) is 13.3 Å². The Morgan fingerprint density at radius 2 is 1.40 bits per heavy atom. The number of ketones is 1. The number of rotatable bonds is 10. The van der Waals surface area contributed by atoms with Crippen LogP contribution in [0, 0.1) is 0 Å². The van der Waals surface area contributed by atoms with E-state index in [1.165, 1.54) is 44.9 Å². The fraction of sp³-hybridized carbons (Fsp3) is 0.944. The van der Waals surface area contributed by atoms with Crippen LogP contribution >= 0.6 is 0 Å². The molecule has 1 saturated carbocycles. The Bertz CT molecular complexity index is 278. The van der Waals surface area contributed by atoms with E-state index in [0.29, 0.717) is 9.21 Å². The molecule has 1 aliphatic rings. The summed E-state index contributed by atoms with van der Waals surface area (Å²) in [5, 5.41) is 0. The zero-order valence-corrected chi connectivity index (χ0v) is 17.2. The summed E-state index contributed by atoms with van der Waals surface area (Å²) in [6.45, 7) is 9.52. The Balaban J connectivity index is 2.95. The summed E-state index contributed by atoms with van der Waals surface area (Å²) in [6, 6.07) is 0. The standard InChI is InChI=1S/C6H9O.3C4H9.Sn/c1-5-2-3-6(7)4-5;3*1-3-4-2;/h2-4H2,1H3;3*1,3-4H2,2H3;. The van der Waals surface area contributed by atoms with Gasteiger partial charge in [0.05, 0.1) is 0 Å². The van der Waals surface area contributed by atoms with Gasteiger partial charge in [-0.05, 0) is 0 Å². The van der Waals surface area contributed by atoms with Gasteiger partial charge in [-0.1, -0.05) is 0 Å². The number of carbonyl (C=O) groups is 1. The number of Topliss-reactive ketones (excluding diaryl/α,β-unsaturated/α-hetero) is 1. The van der Waals surface area contributed by atoms with Crippen molar-refractivity contribution < 1.29 is 4.79 Å². The predicted octanol–water partition coefficient (Wildman–Crippen LogP) is 6.35. The van der Waals surface area contributed by atoms with Crippen LogP contribution < -0.4 is 0 Å². The van der Waals surface area contributed by atoms with E-state index in [9.17, 15) is 4.79 Å². The SMILES string of the molecule is CCC[CH2][Sn]([CH2]CCC)([CH2]CCC)[C]1(C)CCC(=O)C1. The summed E-state index contributed by atoms with van der Waals surface area (Å²) >= 11 is -2.21. The molecule has 1 unspecified atom stereocenters. The van der Waals surface area contributed by atoms with Gasteiger partial charge in [0.2, 0.25) is 0 Å². The molecule has 1 fully saturated rings. The third-order valence-corrected chi connectivity index (χ3v) is 25.6. The minimum absolute atomic E-state index is 0.491. The summed E-state index contributed by atoms with van der Waals surface area (Å²) in [7, 11) is 0. The second kappa shape index (κ2) is 8.80. The zero-order chi connectivity index (χ0) is 15.1. The number of hydrogen-bond acceptors (Lipinski definition) is 1. The zero-order valence-electron chi connectivity index (χ0n) is 14.4. The van der Waals surface area contributed by atoms with Gasteiger partial charge < -0.3 is 0 Å². The first-order valence-corrected chi connectivity index (χ1v) is 16.5. The molecule has 0 radical (unpaired) electrons. The minimum atomic E-state index is -2.21. The number of hydrogen-bond donors (Lipinski definition) is 0. The van der Waals surface area contributed by atoms with Crippen LogP contribution in [0.5, 0.6) is 0 Å². The average Bonchev–Trinajstić information content (AvgIpc) is 2.79. The molecule has 1 rings (SSSR count). The topological polar surface area (TPSA) is 17.1 Å². The van der Waals surface area contributed by atoms with E-state index in [4.69, 9.17) is 0 Å². The first-order chi connectivity index (χ1) is 9.53. The summed E-state index contributed by atoms with van der Waals surface area (Å²) in [4.78, 5) is 12.0. The van der Waals surface area contributed by atoms with Crippen molar-refractivity contribution in [1.29, 1.82) is 0 Å². The maximum absolute atomic E-state index is 12.0. The molecular weight excluding hydrogens is 351 g/mol. The van der Waals surface area contributed by atoms with E-state index >= 15 is 0 Å². The fourth-order valence-electron chi connectivity index (χ4n) is 4.31. The van der Waals surface area contributed by atoms with Gasteiger partial charge in [0.15, 0.2) is 0 Å². The molecule has 0 saturated heterocycles. The molecule has 1 atom stereocenters. The molecule has 2 heteroatoms. The Hall–Kier alpha value is 0.469. The van der Waals surface area contributed by atoms with E-state index in [2.05, 4.69) is 27.7 Å². The number of carbonyl (C=O) groups excluding carboxylic acids is 1. The molecule has 0 amide bonds. The van der Waals surface area contributed by atoms with Crippen molar-refractivity contribution in [3.8, 4) is 0 Å². The van der Waals surface area contributed by atoms with Crippen molar-refractivity contribution in [2.45, 2.75) is 102 Å². The van der Waals surface area contributed by atoms with Crippen LogP contribution in [0.2, 0.25) is 16.7 Å². The third-order valence-electron chi connectivity index (χ3n) is 5.85. The second-order valence-electron chi connectivity index (χ2n) is 7.37. The molecule has 118 valence electrons. The molecule has 0 aromatic heterocycles. The van der Waals surface area contributed by atoms with Crippen molar-refractivity contribution in [1.82, 2.24) is 0 Å². The van der Waals surface area contributed by atoms with Crippen molar-refractivity contribution >= 4 is 24.2 Å². The first kappa shape index (κ1) is 18.5. The van der Waals surface area contributed by atoms with Crippen molar-refractivity contribution in [2.24, 2.45) is 0 Å². The van der Waals surface area contributed by atoms with E-state index in [-0.39, 0.29) is 0 Å². The normalized spacial score (nSPS) is 23.5. The molecule has 0 heterocycles. The van der Waals surface area contributed by atoms with Crippen LogP contribution in [0.25, 0.3) is 0 Å². The third kappa shape index (κ3) is 4.48. The van der Waals surface area contributed by atoms with Crippen LogP contribution in [0.3, 0.4) is 0 Å². The van der Waals surface area contributed by atoms with E-state index in [0.717, 1.165) is 12.8 Å². The Morgan fingerprint density at radius 1 is 0.950 bits per heavy atom. The van der Waals surface area contributed by atoms with E-state index < -0.39 is 18.4 Å². The van der Waals surface area contributed by atoms with Crippen molar-refractivity contribution in [2.75, 3.05) is 0 Å². The van der Waals surface area contributed by atoms with Gasteiger partial charge in [0.25, 0.3) is 0 Å². The Kier molecular flexibility index (Phi) is 8.15. The van der Waals surface area contributed by atoms with Crippen LogP contribution in [0.1, 0.15) is 85.5 Å². The maximum atomic E-state index is 12.0. The molecule has 1 nitrogen and oxygen atoms in total. The Morgan fingerprint density at radius 3 is 1.70 bits per heavy atom. The first-order valence-electron chi connectivity index (χ1n) is 9.05. The van der Waals surface area contributed by atoms with Crippen molar-refractivity contribution in [3.05, 3.63) is 0 Å². The molecule has 0 aliphatic heterocycles. The van der Waals surface area contributed by atoms with Crippen LogP contribution in [0.4, 0.5) is 0 Å². The van der Waals surface area contributed by atoms with Gasteiger partial charge in [-0.3, -0.25) is 0 Å². The fourth-order valence-corrected chi connectivity index (χ4v) is 23.9. The van der Waals surface area contributed by atoms with Gasteiger partial charge in [0, 0.05) is 0 Å². The predicted molar refractivity (Wildman–Crippen MR) is 92.1 cm³/mol. The molecule has 1 aliphatic carbocycles. The molecule has 0 aromatic rings. The molecule has 0 N–H and O–H groups in total. The van der Waals surface area contributed by atoms with Gasteiger partial charge >= 0.3 is 131 Å². The van der Waals surface area contributed by atoms with Crippen molar-refractivity contribution in [3.63, 3.8) is 0 Å². The van der Waals surface area contributed by atoms with Gasteiger partial charge in [-0.25, -0.2) is 0 Å². The number of unbranched alkanes of at least 4 members (excludes halogenated alkanes) is 3. The molecular formula is C18H36OSn. The average molecular weight is 387 g/mol. The summed E-state index contributed by atoms with van der Waals surface area (Å²) in [5.74, 6) is 0.568. The van der Waals surface area contributed by atoms with Gasteiger partial charge in [0.1, 0.15) is 0 Å². The van der Waals surface area contributed by atoms with Crippen LogP contribution in [-0.4, -0.2) is 24.2 Å². The second-order valence-corrected chi connectivity index (χ2v) is 22.4. The molecule has 0 spiro atoms. The Labute approximate surface area is 131 Å². The summed E-state index contributed by atoms with van der Waals surface area (Å²) in [5.41, 5.74) is 0. The summed E-state index contributed by atoms with van der Waals surface area (Å²) in [6.07, 6.45) is 11.3. The summed E-state index contributed by atoms with van der Waals surface area (Å²) < 4.78 is 5.14. The molecule has 0 bridgehead atoms. The van der Waals surface area contributed by atoms with Crippen LogP contribution in [0.15, 0.2) is 0 Å². The molecule has 0 aromatic carbocycles. The van der Waals surface area contributed by atoms with E-state index in [1.807, 2.05) is 0 Å². The van der Waals surface area contributed by atoms with Gasteiger partial charge in [-0.2, -0.15) is 0 Å². The monoisotopic (exact) mass is 388 g/mol.